The van der Waals surface area contributed by atoms with E-state index in [1.54, 1.807) is 19.3 Å². The average Bonchev–Trinajstić information content (AvgIpc) is 2.46. The molecule has 0 aliphatic rings. The topological polar surface area (TPSA) is 93.0 Å². The molecule has 2 heterocycles. The molecule has 0 aromatic carbocycles. The maximum absolute atomic E-state index is 11.0. The van der Waals surface area contributed by atoms with E-state index in [1.165, 1.54) is 6.07 Å². The Morgan fingerprint density at radius 2 is 2.15 bits per heavy atom. The Kier molecular flexibility index (Phi) is 4.09. The van der Waals surface area contributed by atoms with Gasteiger partial charge >= 0.3 is 5.69 Å². The summed E-state index contributed by atoms with van der Waals surface area (Å²) in [5, 5.41) is 16.8. The van der Waals surface area contributed by atoms with Crippen LogP contribution < -0.4 is 10.6 Å². The van der Waals surface area contributed by atoms with Crippen LogP contribution in [0.4, 0.5) is 17.3 Å². The maximum Gasteiger partial charge on any atom is 0.311 e. The highest BCUT2D eigenvalue weighted by atomic mass is 16.6. The molecule has 0 saturated carbocycles. The van der Waals surface area contributed by atoms with E-state index < -0.39 is 4.92 Å². The molecule has 2 aromatic rings. The lowest BCUT2D eigenvalue weighted by molar-refractivity contribution is -0.384. The van der Waals surface area contributed by atoms with Crippen molar-refractivity contribution in [2.24, 2.45) is 0 Å². The van der Waals surface area contributed by atoms with Crippen LogP contribution in [0.1, 0.15) is 11.3 Å². The van der Waals surface area contributed by atoms with E-state index in [9.17, 15) is 10.1 Å². The van der Waals surface area contributed by atoms with Gasteiger partial charge < -0.3 is 10.6 Å². The molecular weight excluding hydrogens is 258 g/mol. The number of nitro groups is 1. The standard InChI is InChI=1S/C13H15N5O2/c1-9-4-3-7-15-10(9)8-16-13-11(18(19)20)5-6-12(14-2)17-13/h3-7H,8H2,1-2H3,(H2,14,16,17). The van der Waals surface area contributed by atoms with Crippen molar-refractivity contribution < 1.29 is 4.92 Å². The summed E-state index contributed by atoms with van der Waals surface area (Å²) >= 11 is 0. The van der Waals surface area contributed by atoms with Crippen molar-refractivity contribution in [2.45, 2.75) is 13.5 Å². The maximum atomic E-state index is 11.0. The summed E-state index contributed by atoms with van der Waals surface area (Å²) < 4.78 is 0. The fourth-order valence-electron chi connectivity index (χ4n) is 1.74. The molecule has 0 saturated heterocycles. The Morgan fingerprint density at radius 1 is 1.35 bits per heavy atom. The molecule has 0 radical (unpaired) electrons. The van der Waals surface area contributed by atoms with Crippen molar-refractivity contribution in [1.29, 1.82) is 0 Å². The molecule has 2 rings (SSSR count). The molecule has 2 aromatic heterocycles. The molecule has 20 heavy (non-hydrogen) atoms. The molecule has 2 N–H and O–H groups in total. The van der Waals surface area contributed by atoms with Crippen molar-refractivity contribution in [2.75, 3.05) is 17.7 Å². The van der Waals surface area contributed by atoms with Gasteiger partial charge in [-0.2, -0.15) is 0 Å². The fraction of sp³-hybridized carbons (Fsp3) is 0.231. The monoisotopic (exact) mass is 273 g/mol. The second-order valence-electron chi connectivity index (χ2n) is 4.19. The molecule has 0 unspecified atom stereocenters. The SMILES string of the molecule is CNc1ccc([N+](=O)[O-])c(NCc2ncccc2C)n1. The molecule has 0 aliphatic heterocycles. The van der Waals surface area contributed by atoms with Crippen LogP contribution in [-0.4, -0.2) is 21.9 Å². The summed E-state index contributed by atoms with van der Waals surface area (Å²) in [6.07, 6.45) is 1.69. The van der Waals surface area contributed by atoms with Crippen LogP contribution in [0.2, 0.25) is 0 Å². The summed E-state index contributed by atoms with van der Waals surface area (Å²) in [7, 11) is 1.71. The molecule has 0 bridgehead atoms. The Bertz CT molecular complexity index is 630. The predicted octanol–water partition coefficient (Wildman–Crippen LogP) is 2.35. The Labute approximate surface area is 116 Å². The summed E-state index contributed by atoms with van der Waals surface area (Å²) in [6.45, 7) is 2.32. The first-order valence-electron chi connectivity index (χ1n) is 6.09. The normalized spacial score (nSPS) is 10.1. The van der Waals surface area contributed by atoms with Gasteiger partial charge in [0.05, 0.1) is 17.2 Å². The van der Waals surface area contributed by atoms with Gasteiger partial charge in [-0.05, 0) is 24.6 Å². The third kappa shape index (κ3) is 3.00. The highest BCUT2D eigenvalue weighted by Crippen LogP contribution is 2.24. The minimum Gasteiger partial charge on any atom is -0.373 e. The van der Waals surface area contributed by atoms with Crippen LogP contribution in [0.3, 0.4) is 0 Å². The van der Waals surface area contributed by atoms with Crippen LogP contribution in [-0.2, 0) is 6.54 Å². The number of aromatic nitrogens is 2. The van der Waals surface area contributed by atoms with Crippen molar-refractivity contribution in [3.05, 3.63) is 51.8 Å². The van der Waals surface area contributed by atoms with Crippen molar-refractivity contribution in [3.63, 3.8) is 0 Å². The number of hydrogen-bond donors (Lipinski definition) is 2. The van der Waals surface area contributed by atoms with E-state index in [0.29, 0.717) is 12.4 Å². The van der Waals surface area contributed by atoms with Gasteiger partial charge in [-0.15, -0.1) is 0 Å². The zero-order valence-electron chi connectivity index (χ0n) is 11.3. The van der Waals surface area contributed by atoms with E-state index in [4.69, 9.17) is 0 Å². The second kappa shape index (κ2) is 5.96. The highest BCUT2D eigenvalue weighted by molar-refractivity contribution is 5.60. The molecule has 7 heteroatoms. The molecule has 0 amide bonds. The Hall–Kier alpha value is -2.70. The van der Waals surface area contributed by atoms with Crippen LogP contribution in [0.5, 0.6) is 0 Å². The highest BCUT2D eigenvalue weighted by Gasteiger charge is 2.15. The van der Waals surface area contributed by atoms with Crippen LogP contribution in [0, 0.1) is 17.0 Å². The number of nitrogens with zero attached hydrogens (tertiary/aromatic N) is 3. The van der Waals surface area contributed by atoms with E-state index in [-0.39, 0.29) is 11.5 Å². The lowest BCUT2D eigenvalue weighted by atomic mass is 10.2. The van der Waals surface area contributed by atoms with Crippen LogP contribution in [0.15, 0.2) is 30.5 Å². The molecule has 0 fully saturated rings. The summed E-state index contributed by atoms with van der Waals surface area (Å²) in [5.41, 5.74) is 1.79. The molecule has 0 atom stereocenters. The summed E-state index contributed by atoms with van der Waals surface area (Å²) in [6, 6.07) is 6.78. The molecule has 0 spiro atoms. The number of aryl methyl sites for hydroxylation is 1. The smallest absolute Gasteiger partial charge is 0.311 e. The van der Waals surface area contributed by atoms with Gasteiger partial charge in [0.25, 0.3) is 0 Å². The number of hydrogen-bond acceptors (Lipinski definition) is 6. The Balaban J connectivity index is 2.24. The van der Waals surface area contributed by atoms with Crippen molar-refractivity contribution >= 4 is 17.3 Å². The first kappa shape index (κ1) is 13.7. The lowest BCUT2D eigenvalue weighted by Gasteiger charge is -2.09. The van der Waals surface area contributed by atoms with E-state index in [1.807, 2.05) is 19.1 Å². The molecule has 7 nitrogen and oxygen atoms in total. The summed E-state index contributed by atoms with van der Waals surface area (Å²) in [5.74, 6) is 0.794. The predicted molar refractivity (Wildman–Crippen MR) is 76.7 cm³/mol. The quantitative estimate of drug-likeness (QED) is 0.641. The van der Waals surface area contributed by atoms with Crippen molar-refractivity contribution in [1.82, 2.24) is 9.97 Å². The molecular formula is C13H15N5O2. The van der Waals surface area contributed by atoms with Crippen LogP contribution in [0.25, 0.3) is 0 Å². The molecule has 104 valence electrons. The lowest BCUT2D eigenvalue weighted by Crippen LogP contribution is -2.08. The van der Waals surface area contributed by atoms with Gasteiger partial charge in [-0.3, -0.25) is 15.1 Å². The minimum absolute atomic E-state index is 0.0578. The summed E-state index contributed by atoms with van der Waals surface area (Å²) in [4.78, 5) is 18.9. The third-order valence-corrected chi connectivity index (χ3v) is 2.87. The van der Waals surface area contributed by atoms with Gasteiger partial charge in [0.1, 0.15) is 5.82 Å². The van der Waals surface area contributed by atoms with Gasteiger partial charge in [0, 0.05) is 19.3 Å². The number of pyridine rings is 2. The third-order valence-electron chi connectivity index (χ3n) is 2.87. The first-order chi connectivity index (χ1) is 9.61. The van der Waals surface area contributed by atoms with Gasteiger partial charge in [0.2, 0.25) is 5.82 Å². The molecule has 0 aliphatic carbocycles. The van der Waals surface area contributed by atoms with E-state index in [2.05, 4.69) is 20.6 Å². The van der Waals surface area contributed by atoms with Crippen molar-refractivity contribution in [3.8, 4) is 0 Å². The second-order valence-corrected chi connectivity index (χ2v) is 4.19. The minimum atomic E-state index is -0.458. The number of anilines is 2. The van der Waals surface area contributed by atoms with E-state index >= 15 is 0 Å². The largest absolute Gasteiger partial charge is 0.373 e. The first-order valence-corrected chi connectivity index (χ1v) is 6.09. The number of rotatable bonds is 5. The van der Waals surface area contributed by atoms with Gasteiger partial charge in [0.15, 0.2) is 0 Å². The average molecular weight is 273 g/mol. The van der Waals surface area contributed by atoms with Gasteiger partial charge in [-0.25, -0.2) is 4.98 Å². The number of nitrogens with one attached hydrogen (secondary N) is 2. The fourth-order valence-corrected chi connectivity index (χ4v) is 1.74. The van der Waals surface area contributed by atoms with Crippen LogP contribution >= 0.6 is 0 Å². The van der Waals surface area contributed by atoms with E-state index in [0.717, 1.165) is 11.3 Å². The van der Waals surface area contributed by atoms with Gasteiger partial charge in [-0.1, -0.05) is 6.07 Å². The zero-order valence-corrected chi connectivity index (χ0v) is 11.3. The zero-order chi connectivity index (χ0) is 14.5. The Morgan fingerprint density at radius 3 is 2.80 bits per heavy atom.